The van der Waals surface area contributed by atoms with Gasteiger partial charge < -0.3 is 0 Å². The second-order valence-corrected chi connectivity index (χ2v) is 7.01. The Morgan fingerprint density at radius 2 is 2.14 bits per heavy atom. The maximum Gasteiger partial charge on any atom is 0.232 e. The number of aromatic nitrogens is 2. The predicted octanol–water partition coefficient (Wildman–Crippen LogP) is 0.677. The highest BCUT2D eigenvalue weighted by molar-refractivity contribution is 7.89. The zero-order valence-corrected chi connectivity index (χ0v) is 12.3. The number of sulfonamides is 1. The Kier molecular flexibility index (Phi) is 3.31. The molecule has 7 nitrogen and oxygen atoms in total. The molecule has 1 aromatic heterocycles. The number of rotatable bonds is 2. The first kappa shape index (κ1) is 14.2. The van der Waals surface area contributed by atoms with Crippen LogP contribution in [0.2, 0.25) is 5.02 Å². The molecule has 0 aliphatic carbocycles. The number of fused-ring (bicyclic) bond motifs is 1. The minimum Gasteiger partial charge on any atom is -0.279 e. The predicted molar refractivity (Wildman–Crippen MR) is 78.4 cm³/mol. The largest absolute Gasteiger partial charge is 0.279 e. The Hall–Kier alpha value is -1.77. The number of carbonyl (C=O) groups excluding carboxylic acids is 1. The van der Waals surface area contributed by atoms with Gasteiger partial charge in [0, 0.05) is 24.5 Å². The number of nitrogens with two attached hydrogens (primary N) is 1. The maximum absolute atomic E-state index is 11.9. The Morgan fingerprint density at radius 3 is 2.81 bits per heavy atom. The zero-order valence-electron chi connectivity index (χ0n) is 10.7. The van der Waals surface area contributed by atoms with E-state index in [2.05, 4.69) is 9.97 Å². The molecule has 0 spiro atoms. The lowest BCUT2D eigenvalue weighted by Crippen LogP contribution is -2.32. The van der Waals surface area contributed by atoms with Crippen LogP contribution in [0.4, 0.5) is 5.95 Å². The quantitative estimate of drug-likeness (QED) is 0.873. The van der Waals surface area contributed by atoms with Crippen molar-refractivity contribution < 1.29 is 13.2 Å². The van der Waals surface area contributed by atoms with Crippen LogP contribution in [0.25, 0.3) is 10.9 Å². The van der Waals surface area contributed by atoms with Crippen molar-refractivity contribution in [2.45, 2.75) is 11.7 Å². The van der Waals surface area contributed by atoms with E-state index in [4.69, 9.17) is 16.7 Å². The van der Waals surface area contributed by atoms with Crippen molar-refractivity contribution in [3.8, 4) is 0 Å². The fourth-order valence-electron chi connectivity index (χ4n) is 2.23. The lowest BCUT2D eigenvalue weighted by molar-refractivity contribution is -0.117. The van der Waals surface area contributed by atoms with Gasteiger partial charge in [-0.1, -0.05) is 17.7 Å². The first-order valence-electron chi connectivity index (χ1n) is 6.09. The Morgan fingerprint density at radius 1 is 1.38 bits per heavy atom. The second-order valence-electron chi connectivity index (χ2n) is 4.76. The molecule has 1 saturated heterocycles. The van der Waals surface area contributed by atoms with E-state index in [1.54, 1.807) is 18.2 Å². The molecule has 2 heterocycles. The third-order valence-electron chi connectivity index (χ3n) is 3.36. The lowest BCUT2D eigenvalue weighted by atomic mass is 10.2. The average Bonchev–Trinajstić information content (AvgIpc) is 2.81. The third-order valence-corrected chi connectivity index (χ3v) is 4.93. The van der Waals surface area contributed by atoms with Crippen LogP contribution in [0.15, 0.2) is 24.4 Å². The van der Waals surface area contributed by atoms with Crippen molar-refractivity contribution in [3.63, 3.8) is 0 Å². The molecule has 0 bridgehead atoms. The second kappa shape index (κ2) is 4.90. The number of carbonyl (C=O) groups is 1. The number of benzene rings is 1. The summed E-state index contributed by atoms with van der Waals surface area (Å²) in [6.45, 7) is -0.0380. The molecular weight excluding hydrogens is 316 g/mol. The summed E-state index contributed by atoms with van der Waals surface area (Å²) in [5.41, 5.74) is 0.583. The van der Waals surface area contributed by atoms with E-state index >= 15 is 0 Å². The summed E-state index contributed by atoms with van der Waals surface area (Å²) in [7, 11) is -3.76. The number of hydrogen-bond acceptors (Lipinski definition) is 5. The number of anilines is 1. The van der Waals surface area contributed by atoms with E-state index in [1.807, 2.05) is 0 Å². The van der Waals surface area contributed by atoms with Crippen molar-refractivity contribution in [1.82, 2.24) is 9.97 Å². The fraction of sp³-hybridized carbons (Fsp3) is 0.250. The van der Waals surface area contributed by atoms with Crippen LogP contribution in [0.3, 0.4) is 0 Å². The first-order chi connectivity index (χ1) is 9.86. The summed E-state index contributed by atoms with van der Waals surface area (Å²) in [5.74, 6) is -0.212. The molecule has 9 heteroatoms. The van der Waals surface area contributed by atoms with Gasteiger partial charge in [0.05, 0.1) is 10.5 Å². The van der Waals surface area contributed by atoms with Gasteiger partial charge in [0.1, 0.15) is 5.25 Å². The van der Waals surface area contributed by atoms with E-state index in [1.165, 1.54) is 11.1 Å². The summed E-state index contributed by atoms with van der Waals surface area (Å²) in [5, 5.41) is 5.33. The highest BCUT2D eigenvalue weighted by Crippen LogP contribution is 2.25. The molecule has 1 aliphatic rings. The molecule has 0 saturated carbocycles. The third kappa shape index (κ3) is 2.57. The fourth-order valence-corrected chi connectivity index (χ4v) is 3.18. The van der Waals surface area contributed by atoms with Gasteiger partial charge in [0.15, 0.2) is 0 Å². The van der Waals surface area contributed by atoms with Gasteiger partial charge in [0.2, 0.25) is 21.9 Å². The van der Waals surface area contributed by atoms with Crippen molar-refractivity contribution >= 4 is 44.4 Å². The van der Waals surface area contributed by atoms with Crippen molar-refractivity contribution in [2.24, 2.45) is 5.14 Å². The molecule has 1 aliphatic heterocycles. The van der Waals surface area contributed by atoms with Gasteiger partial charge >= 0.3 is 0 Å². The highest BCUT2D eigenvalue weighted by Gasteiger charge is 2.38. The van der Waals surface area contributed by atoms with Gasteiger partial charge in [-0.3, -0.25) is 9.69 Å². The van der Waals surface area contributed by atoms with E-state index in [-0.39, 0.29) is 24.8 Å². The van der Waals surface area contributed by atoms with E-state index < -0.39 is 15.3 Å². The van der Waals surface area contributed by atoms with Gasteiger partial charge in [-0.05, 0) is 12.1 Å². The van der Waals surface area contributed by atoms with Gasteiger partial charge in [-0.15, -0.1) is 0 Å². The average molecular weight is 327 g/mol. The van der Waals surface area contributed by atoms with E-state index in [9.17, 15) is 13.2 Å². The van der Waals surface area contributed by atoms with Crippen molar-refractivity contribution in [1.29, 1.82) is 0 Å². The normalized spacial score (nSPS) is 19.4. The van der Waals surface area contributed by atoms with Crippen LogP contribution >= 0.6 is 11.6 Å². The molecule has 0 radical (unpaired) electrons. The minimum absolute atomic E-state index is 0.0380. The van der Waals surface area contributed by atoms with Gasteiger partial charge in [-0.2, -0.15) is 0 Å². The Balaban J connectivity index is 2.00. The highest BCUT2D eigenvalue weighted by atomic mass is 35.5. The molecule has 21 heavy (non-hydrogen) atoms. The van der Waals surface area contributed by atoms with Crippen LogP contribution in [0, 0.1) is 0 Å². The molecule has 3 rings (SSSR count). The molecule has 1 aromatic carbocycles. The Labute approximate surface area is 125 Å². The molecule has 1 unspecified atom stereocenters. The number of hydrogen-bond donors (Lipinski definition) is 1. The zero-order chi connectivity index (χ0) is 15.2. The van der Waals surface area contributed by atoms with Crippen LogP contribution in [0.1, 0.15) is 6.42 Å². The number of nitrogens with zero attached hydrogens (tertiary/aromatic N) is 3. The first-order valence-corrected chi connectivity index (χ1v) is 8.08. The summed E-state index contributed by atoms with van der Waals surface area (Å²) < 4.78 is 22.7. The molecule has 2 aromatic rings. The summed E-state index contributed by atoms with van der Waals surface area (Å²) in [6.07, 6.45) is 1.35. The molecule has 110 valence electrons. The molecule has 2 N–H and O–H groups in total. The Bertz CT molecular complexity index is 840. The minimum atomic E-state index is -3.76. The number of primary sulfonamides is 1. The smallest absolute Gasteiger partial charge is 0.232 e. The van der Waals surface area contributed by atoms with E-state index in [0.717, 1.165) is 0 Å². The SMILES string of the molecule is NS(=O)(=O)C1CC(=O)N(c2ncc3c(Cl)cccc3n2)C1. The van der Waals surface area contributed by atoms with Crippen molar-refractivity contribution in [3.05, 3.63) is 29.4 Å². The van der Waals surface area contributed by atoms with Crippen molar-refractivity contribution in [2.75, 3.05) is 11.4 Å². The number of amides is 1. The molecular formula is C12H11ClN4O3S. The maximum atomic E-state index is 11.9. The topological polar surface area (TPSA) is 106 Å². The van der Waals surface area contributed by atoms with Crippen LogP contribution in [0.5, 0.6) is 0 Å². The van der Waals surface area contributed by atoms with E-state index in [0.29, 0.717) is 15.9 Å². The van der Waals surface area contributed by atoms with Crippen LogP contribution in [-0.4, -0.2) is 36.1 Å². The monoisotopic (exact) mass is 326 g/mol. The standard InChI is InChI=1S/C12H11ClN4O3S/c13-9-2-1-3-10-8(9)5-15-12(16-10)17-6-7(4-11(17)18)21(14,19)20/h1-3,5,7H,4,6H2,(H2,14,19,20). The molecule has 1 amide bonds. The van der Waals surface area contributed by atoms with Crippen LogP contribution in [-0.2, 0) is 14.8 Å². The summed E-state index contributed by atoms with van der Waals surface area (Å²) >= 11 is 6.02. The van der Waals surface area contributed by atoms with Gasteiger partial charge in [0.25, 0.3) is 0 Å². The summed E-state index contributed by atoms with van der Waals surface area (Å²) in [4.78, 5) is 21.5. The number of halogens is 1. The van der Waals surface area contributed by atoms with Crippen LogP contribution < -0.4 is 10.0 Å². The lowest BCUT2D eigenvalue weighted by Gasteiger charge is -2.14. The molecule has 1 atom stereocenters. The van der Waals surface area contributed by atoms with Gasteiger partial charge in [-0.25, -0.2) is 23.5 Å². The summed E-state index contributed by atoms with van der Waals surface area (Å²) in [6, 6.07) is 5.19. The molecule has 1 fully saturated rings.